The quantitative estimate of drug-likeness (QED) is 0.733. The lowest BCUT2D eigenvalue weighted by atomic mass is 9.92. The average Bonchev–Trinajstić information content (AvgIpc) is 2.29. The van der Waals surface area contributed by atoms with Crippen LogP contribution in [-0.2, 0) is 4.79 Å². The second kappa shape index (κ2) is 5.92. The first-order valence-electron chi connectivity index (χ1n) is 5.42. The van der Waals surface area contributed by atoms with Gasteiger partial charge >= 0.3 is 0 Å². The van der Waals surface area contributed by atoms with Gasteiger partial charge in [-0.3, -0.25) is 4.79 Å². The summed E-state index contributed by atoms with van der Waals surface area (Å²) < 4.78 is 10.6. The van der Waals surface area contributed by atoms with Crippen molar-refractivity contribution in [1.82, 2.24) is 0 Å². The van der Waals surface area contributed by atoms with Crippen molar-refractivity contribution in [3.63, 3.8) is 0 Å². The van der Waals surface area contributed by atoms with E-state index in [4.69, 9.17) is 21.1 Å². The average molecular weight is 257 g/mol. The summed E-state index contributed by atoms with van der Waals surface area (Å²) in [7, 11) is 1.62. The second-order valence-corrected chi connectivity index (χ2v) is 4.77. The van der Waals surface area contributed by atoms with Crippen LogP contribution in [-0.4, -0.2) is 19.0 Å². The summed E-state index contributed by atoms with van der Waals surface area (Å²) in [5.41, 5.74) is -0.548. The SMILES string of the molecule is COc1ccc(OCCC(C)(C)C(=O)Cl)cc1. The molecule has 0 spiro atoms. The molecule has 0 radical (unpaired) electrons. The molecular weight excluding hydrogens is 240 g/mol. The van der Waals surface area contributed by atoms with Crippen molar-refractivity contribution in [2.24, 2.45) is 5.41 Å². The van der Waals surface area contributed by atoms with Crippen LogP contribution in [0.25, 0.3) is 0 Å². The Kier molecular flexibility index (Phi) is 4.82. The highest BCUT2D eigenvalue weighted by Crippen LogP contribution is 2.24. The normalized spacial score (nSPS) is 11.1. The number of hydrogen-bond acceptors (Lipinski definition) is 3. The molecule has 94 valence electrons. The molecule has 0 fully saturated rings. The highest BCUT2D eigenvalue weighted by atomic mass is 35.5. The fourth-order valence-corrected chi connectivity index (χ4v) is 1.29. The Morgan fingerprint density at radius 3 is 2.24 bits per heavy atom. The largest absolute Gasteiger partial charge is 0.497 e. The van der Waals surface area contributed by atoms with Crippen LogP contribution in [0.5, 0.6) is 11.5 Å². The monoisotopic (exact) mass is 256 g/mol. The zero-order chi connectivity index (χ0) is 12.9. The summed E-state index contributed by atoms with van der Waals surface area (Å²) in [6, 6.07) is 7.31. The van der Waals surface area contributed by atoms with Gasteiger partial charge in [-0.15, -0.1) is 0 Å². The number of carbonyl (C=O) groups excluding carboxylic acids is 1. The number of carbonyl (C=O) groups is 1. The van der Waals surface area contributed by atoms with Gasteiger partial charge in [0.25, 0.3) is 0 Å². The van der Waals surface area contributed by atoms with E-state index >= 15 is 0 Å². The molecule has 3 nitrogen and oxygen atoms in total. The van der Waals surface area contributed by atoms with Crippen LogP contribution in [0.1, 0.15) is 20.3 Å². The summed E-state index contributed by atoms with van der Waals surface area (Å²) >= 11 is 5.48. The topological polar surface area (TPSA) is 35.5 Å². The summed E-state index contributed by atoms with van der Waals surface area (Å²) in [4.78, 5) is 11.1. The Morgan fingerprint density at radius 2 is 1.76 bits per heavy atom. The predicted octanol–water partition coefficient (Wildman–Crippen LogP) is 3.26. The van der Waals surface area contributed by atoms with Crippen LogP contribution < -0.4 is 9.47 Å². The van der Waals surface area contributed by atoms with Crippen LogP contribution in [0, 0.1) is 5.41 Å². The van der Waals surface area contributed by atoms with Gasteiger partial charge < -0.3 is 9.47 Å². The zero-order valence-electron chi connectivity index (χ0n) is 10.3. The van der Waals surface area contributed by atoms with Crippen LogP contribution in [0.2, 0.25) is 0 Å². The standard InChI is InChI=1S/C13H17ClO3/c1-13(2,12(14)15)8-9-17-11-6-4-10(16-3)5-7-11/h4-7H,8-9H2,1-3H3. The van der Waals surface area contributed by atoms with E-state index in [0.29, 0.717) is 13.0 Å². The van der Waals surface area contributed by atoms with Gasteiger partial charge in [-0.2, -0.15) is 0 Å². The lowest BCUT2D eigenvalue weighted by Crippen LogP contribution is -2.22. The Hall–Kier alpha value is -1.22. The first-order valence-corrected chi connectivity index (χ1v) is 5.80. The van der Waals surface area contributed by atoms with Crippen LogP contribution in [0.15, 0.2) is 24.3 Å². The highest BCUT2D eigenvalue weighted by molar-refractivity contribution is 6.64. The molecule has 1 aromatic rings. The summed E-state index contributed by atoms with van der Waals surface area (Å²) in [5, 5.41) is -0.337. The number of benzene rings is 1. The molecule has 0 amide bonds. The molecule has 0 atom stereocenters. The van der Waals surface area contributed by atoms with Gasteiger partial charge in [0.2, 0.25) is 5.24 Å². The Bertz CT molecular complexity index is 371. The molecule has 0 N–H and O–H groups in total. The number of ether oxygens (including phenoxy) is 2. The van der Waals surface area contributed by atoms with Crippen LogP contribution >= 0.6 is 11.6 Å². The molecular formula is C13H17ClO3. The van der Waals surface area contributed by atoms with E-state index in [9.17, 15) is 4.79 Å². The number of rotatable bonds is 6. The molecule has 17 heavy (non-hydrogen) atoms. The van der Waals surface area contributed by atoms with Crippen molar-refractivity contribution in [2.45, 2.75) is 20.3 Å². The lowest BCUT2D eigenvalue weighted by molar-refractivity contribution is -0.119. The van der Waals surface area contributed by atoms with E-state index in [2.05, 4.69) is 0 Å². The minimum atomic E-state index is -0.548. The van der Waals surface area contributed by atoms with E-state index in [1.54, 1.807) is 21.0 Å². The lowest BCUT2D eigenvalue weighted by Gasteiger charge is -2.19. The number of methoxy groups -OCH3 is 1. The minimum Gasteiger partial charge on any atom is -0.497 e. The predicted molar refractivity (Wildman–Crippen MR) is 67.7 cm³/mol. The highest BCUT2D eigenvalue weighted by Gasteiger charge is 2.25. The molecule has 0 aliphatic rings. The molecule has 1 rings (SSSR count). The molecule has 4 heteroatoms. The van der Waals surface area contributed by atoms with Crippen LogP contribution in [0.3, 0.4) is 0 Å². The molecule has 0 aromatic heterocycles. The molecule has 1 aromatic carbocycles. The fraction of sp³-hybridized carbons (Fsp3) is 0.462. The fourth-order valence-electron chi connectivity index (χ4n) is 1.19. The third-order valence-corrected chi connectivity index (χ3v) is 3.10. The van der Waals surface area contributed by atoms with Crippen molar-refractivity contribution >= 4 is 16.8 Å². The number of hydrogen-bond donors (Lipinski definition) is 0. The van der Waals surface area contributed by atoms with Gasteiger partial charge in [0.15, 0.2) is 0 Å². The first-order chi connectivity index (χ1) is 7.95. The first kappa shape index (κ1) is 13.8. The van der Waals surface area contributed by atoms with E-state index < -0.39 is 5.41 Å². The molecule has 0 unspecified atom stereocenters. The Labute approximate surface area is 107 Å². The van der Waals surface area contributed by atoms with Crippen molar-refractivity contribution < 1.29 is 14.3 Å². The third kappa shape index (κ3) is 4.27. The molecule has 0 bridgehead atoms. The molecule has 0 heterocycles. The van der Waals surface area contributed by atoms with Crippen molar-refractivity contribution in [3.8, 4) is 11.5 Å². The second-order valence-electron chi connectivity index (χ2n) is 4.43. The summed E-state index contributed by atoms with van der Waals surface area (Å²) in [5.74, 6) is 1.54. The van der Waals surface area contributed by atoms with Crippen LogP contribution in [0.4, 0.5) is 0 Å². The zero-order valence-corrected chi connectivity index (χ0v) is 11.1. The molecule has 0 saturated heterocycles. The van der Waals surface area contributed by atoms with Gasteiger partial charge in [-0.05, 0) is 42.3 Å². The Balaban J connectivity index is 2.43. The van der Waals surface area contributed by atoms with E-state index in [1.807, 2.05) is 24.3 Å². The van der Waals surface area contributed by atoms with Gasteiger partial charge in [0, 0.05) is 5.41 Å². The Morgan fingerprint density at radius 1 is 1.24 bits per heavy atom. The minimum absolute atomic E-state index is 0.337. The van der Waals surface area contributed by atoms with E-state index in [-0.39, 0.29) is 5.24 Å². The summed E-state index contributed by atoms with van der Waals surface area (Å²) in [6.45, 7) is 4.07. The van der Waals surface area contributed by atoms with Crippen molar-refractivity contribution in [3.05, 3.63) is 24.3 Å². The third-order valence-electron chi connectivity index (χ3n) is 2.59. The molecule has 0 aliphatic heterocycles. The maximum atomic E-state index is 11.1. The molecule has 0 aliphatic carbocycles. The van der Waals surface area contributed by atoms with E-state index in [1.165, 1.54) is 0 Å². The van der Waals surface area contributed by atoms with Crippen molar-refractivity contribution in [2.75, 3.05) is 13.7 Å². The molecule has 0 saturated carbocycles. The van der Waals surface area contributed by atoms with Gasteiger partial charge in [-0.25, -0.2) is 0 Å². The summed E-state index contributed by atoms with van der Waals surface area (Å²) in [6.07, 6.45) is 0.585. The van der Waals surface area contributed by atoms with Gasteiger partial charge in [-0.1, -0.05) is 13.8 Å². The van der Waals surface area contributed by atoms with Gasteiger partial charge in [0.05, 0.1) is 13.7 Å². The van der Waals surface area contributed by atoms with Gasteiger partial charge in [0.1, 0.15) is 11.5 Å². The smallest absolute Gasteiger partial charge is 0.227 e. The number of halogens is 1. The maximum Gasteiger partial charge on any atom is 0.227 e. The van der Waals surface area contributed by atoms with Crippen molar-refractivity contribution in [1.29, 1.82) is 0 Å². The maximum absolute atomic E-state index is 11.1. The van der Waals surface area contributed by atoms with E-state index in [0.717, 1.165) is 11.5 Å².